The van der Waals surface area contributed by atoms with Gasteiger partial charge in [-0.15, -0.1) is 0 Å². The smallest absolute Gasteiger partial charge is 0.261 e. The summed E-state index contributed by atoms with van der Waals surface area (Å²) >= 11 is 5.80. The van der Waals surface area contributed by atoms with E-state index >= 15 is 0 Å². The van der Waals surface area contributed by atoms with Gasteiger partial charge in [-0.3, -0.25) is 9.52 Å². The van der Waals surface area contributed by atoms with E-state index in [0.717, 1.165) is 11.3 Å². The summed E-state index contributed by atoms with van der Waals surface area (Å²) in [6.07, 6.45) is 0. The number of anilines is 2. The quantitative estimate of drug-likeness (QED) is 0.543. The Balaban J connectivity index is 1.73. The lowest BCUT2D eigenvalue weighted by atomic mass is 10.0. The van der Waals surface area contributed by atoms with Crippen molar-refractivity contribution >= 4 is 38.9 Å². The van der Waals surface area contributed by atoms with Crippen molar-refractivity contribution in [3.05, 3.63) is 88.9 Å². The molecule has 7 heteroatoms. The molecule has 0 saturated carbocycles. The van der Waals surface area contributed by atoms with Crippen LogP contribution in [0.1, 0.15) is 35.7 Å². The maximum Gasteiger partial charge on any atom is 0.261 e. The van der Waals surface area contributed by atoms with E-state index in [9.17, 15) is 13.2 Å². The van der Waals surface area contributed by atoms with Crippen LogP contribution in [0, 0.1) is 0 Å². The number of rotatable bonds is 6. The number of hydrogen-bond donors (Lipinski definition) is 2. The maximum atomic E-state index is 12.6. The molecule has 3 aromatic carbocycles. The maximum absolute atomic E-state index is 12.6. The molecule has 0 heterocycles. The summed E-state index contributed by atoms with van der Waals surface area (Å²) in [6, 6.07) is 19.8. The minimum atomic E-state index is -3.74. The van der Waals surface area contributed by atoms with Gasteiger partial charge < -0.3 is 5.32 Å². The molecule has 0 aliphatic carbocycles. The molecule has 3 aromatic rings. The first kappa shape index (κ1) is 20.9. The first-order valence-electron chi connectivity index (χ1n) is 9.05. The topological polar surface area (TPSA) is 75.3 Å². The van der Waals surface area contributed by atoms with Crippen molar-refractivity contribution in [1.29, 1.82) is 0 Å². The van der Waals surface area contributed by atoms with Crippen LogP contribution in [0.25, 0.3) is 0 Å². The van der Waals surface area contributed by atoms with Gasteiger partial charge in [-0.25, -0.2) is 8.42 Å². The number of halogens is 1. The molecule has 0 atom stereocenters. The van der Waals surface area contributed by atoms with Gasteiger partial charge in [-0.05, 0) is 66.1 Å². The zero-order valence-corrected chi connectivity index (χ0v) is 17.6. The Bertz CT molecular complexity index is 1110. The normalized spacial score (nSPS) is 11.3. The van der Waals surface area contributed by atoms with Crippen LogP contribution in [-0.4, -0.2) is 14.3 Å². The zero-order chi connectivity index (χ0) is 21.0. The number of sulfonamides is 1. The molecule has 2 N–H and O–H groups in total. The van der Waals surface area contributed by atoms with E-state index < -0.39 is 10.0 Å². The van der Waals surface area contributed by atoms with Crippen LogP contribution >= 0.6 is 11.6 Å². The van der Waals surface area contributed by atoms with E-state index in [-0.39, 0.29) is 16.7 Å². The van der Waals surface area contributed by atoms with Gasteiger partial charge in [0.05, 0.1) is 4.90 Å². The van der Waals surface area contributed by atoms with Crippen LogP contribution in [0.2, 0.25) is 5.02 Å². The van der Waals surface area contributed by atoms with E-state index in [1.54, 1.807) is 24.3 Å². The number of amides is 1. The Morgan fingerprint density at radius 2 is 1.52 bits per heavy atom. The molecule has 0 spiro atoms. The van der Waals surface area contributed by atoms with Crippen LogP contribution in [-0.2, 0) is 10.0 Å². The van der Waals surface area contributed by atoms with Crippen LogP contribution < -0.4 is 10.0 Å². The third-order valence-electron chi connectivity index (χ3n) is 4.35. The number of para-hydroxylation sites is 1. The highest BCUT2D eigenvalue weighted by Crippen LogP contribution is 2.24. The van der Waals surface area contributed by atoms with Gasteiger partial charge in [0.25, 0.3) is 15.9 Å². The molecule has 0 saturated heterocycles. The highest BCUT2D eigenvalue weighted by atomic mass is 35.5. The minimum Gasteiger partial charge on any atom is -0.322 e. The lowest BCUT2D eigenvalue weighted by Gasteiger charge is -2.14. The summed E-state index contributed by atoms with van der Waals surface area (Å²) in [6.45, 7) is 4.12. The molecular formula is C22H21ClN2O3S. The fourth-order valence-electron chi connectivity index (χ4n) is 2.83. The molecule has 0 radical (unpaired) electrons. The van der Waals surface area contributed by atoms with Gasteiger partial charge in [-0.1, -0.05) is 43.6 Å². The molecule has 0 aliphatic heterocycles. The second-order valence-corrected chi connectivity index (χ2v) is 8.95. The zero-order valence-electron chi connectivity index (χ0n) is 16.0. The highest BCUT2D eigenvalue weighted by Gasteiger charge is 2.15. The van der Waals surface area contributed by atoms with E-state index in [0.29, 0.717) is 16.3 Å². The van der Waals surface area contributed by atoms with Crippen molar-refractivity contribution in [2.24, 2.45) is 0 Å². The molecule has 0 aromatic heterocycles. The summed E-state index contributed by atoms with van der Waals surface area (Å²) < 4.78 is 27.4. The van der Waals surface area contributed by atoms with Crippen molar-refractivity contribution in [3.8, 4) is 0 Å². The molecule has 3 rings (SSSR count). The van der Waals surface area contributed by atoms with Gasteiger partial charge in [0.2, 0.25) is 0 Å². The van der Waals surface area contributed by atoms with E-state index in [2.05, 4.69) is 23.9 Å². The van der Waals surface area contributed by atoms with Crippen molar-refractivity contribution in [2.45, 2.75) is 24.7 Å². The molecule has 5 nitrogen and oxygen atoms in total. The second kappa shape index (κ2) is 8.68. The average Bonchev–Trinajstić information content (AvgIpc) is 2.69. The van der Waals surface area contributed by atoms with E-state index in [1.165, 1.54) is 24.3 Å². The van der Waals surface area contributed by atoms with Crippen molar-refractivity contribution in [2.75, 3.05) is 10.0 Å². The molecule has 150 valence electrons. The van der Waals surface area contributed by atoms with Gasteiger partial charge in [-0.2, -0.15) is 0 Å². The first-order valence-corrected chi connectivity index (χ1v) is 10.9. The van der Waals surface area contributed by atoms with Crippen molar-refractivity contribution in [3.63, 3.8) is 0 Å². The van der Waals surface area contributed by atoms with Gasteiger partial charge in [0, 0.05) is 22.0 Å². The third kappa shape index (κ3) is 5.16. The average molecular weight is 429 g/mol. The molecule has 0 aliphatic rings. The number of hydrogen-bond acceptors (Lipinski definition) is 3. The standard InChI is InChI=1S/C22H21ClN2O3S/c1-15(2)20-5-3-4-6-21(20)24-22(26)16-7-11-18(12-8-16)25-29(27,28)19-13-9-17(23)10-14-19/h3-15,25H,1-2H3,(H,24,26). The molecule has 1 amide bonds. The van der Waals surface area contributed by atoms with Crippen LogP contribution in [0.15, 0.2) is 77.7 Å². The van der Waals surface area contributed by atoms with Crippen molar-refractivity contribution < 1.29 is 13.2 Å². The Hall–Kier alpha value is -2.83. The SMILES string of the molecule is CC(C)c1ccccc1NC(=O)c1ccc(NS(=O)(=O)c2ccc(Cl)cc2)cc1. The van der Waals surface area contributed by atoms with Gasteiger partial charge >= 0.3 is 0 Å². The second-order valence-electron chi connectivity index (χ2n) is 6.83. The summed E-state index contributed by atoms with van der Waals surface area (Å²) in [5.41, 5.74) is 2.60. The van der Waals surface area contributed by atoms with Gasteiger partial charge in [0.1, 0.15) is 0 Å². The number of carbonyl (C=O) groups is 1. The van der Waals surface area contributed by atoms with Gasteiger partial charge in [0.15, 0.2) is 0 Å². The summed E-state index contributed by atoms with van der Waals surface area (Å²) in [5, 5.41) is 3.37. The highest BCUT2D eigenvalue weighted by molar-refractivity contribution is 7.92. The number of carbonyl (C=O) groups excluding carboxylic acids is 1. The largest absolute Gasteiger partial charge is 0.322 e. The Labute approximate surface area is 175 Å². The van der Waals surface area contributed by atoms with Crippen LogP contribution in [0.4, 0.5) is 11.4 Å². The number of nitrogens with one attached hydrogen (secondary N) is 2. The molecular weight excluding hydrogens is 408 g/mol. The summed E-state index contributed by atoms with van der Waals surface area (Å²) in [7, 11) is -3.74. The fourth-order valence-corrected chi connectivity index (χ4v) is 4.01. The number of benzene rings is 3. The molecule has 0 unspecified atom stereocenters. The lowest BCUT2D eigenvalue weighted by molar-refractivity contribution is 0.102. The Kier molecular flexibility index (Phi) is 6.25. The predicted molar refractivity (Wildman–Crippen MR) is 117 cm³/mol. The molecule has 0 bridgehead atoms. The predicted octanol–water partition coefficient (Wildman–Crippen LogP) is 5.52. The summed E-state index contributed by atoms with van der Waals surface area (Å²) in [5.74, 6) is 0.0151. The van der Waals surface area contributed by atoms with Crippen LogP contribution in [0.5, 0.6) is 0 Å². The van der Waals surface area contributed by atoms with Crippen LogP contribution in [0.3, 0.4) is 0 Å². The molecule has 0 fully saturated rings. The monoisotopic (exact) mass is 428 g/mol. The fraction of sp³-hybridized carbons (Fsp3) is 0.136. The van der Waals surface area contributed by atoms with E-state index in [4.69, 9.17) is 11.6 Å². The summed E-state index contributed by atoms with van der Waals surface area (Å²) in [4.78, 5) is 12.7. The Morgan fingerprint density at radius 1 is 0.897 bits per heavy atom. The Morgan fingerprint density at radius 3 is 2.14 bits per heavy atom. The van der Waals surface area contributed by atoms with E-state index in [1.807, 2.05) is 24.3 Å². The minimum absolute atomic E-state index is 0.106. The first-order chi connectivity index (χ1) is 13.8. The lowest BCUT2D eigenvalue weighted by Crippen LogP contribution is -2.15. The van der Waals surface area contributed by atoms with Crippen molar-refractivity contribution in [1.82, 2.24) is 0 Å². The third-order valence-corrected chi connectivity index (χ3v) is 6.00. The molecule has 29 heavy (non-hydrogen) atoms.